The Morgan fingerprint density at radius 3 is 2.55 bits per heavy atom. The molecule has 2 saturated heterocycles. The minimum absolute atomic E-state index is 0.0139. The number of aromatic nitrogens is 6. The van der Waals surface area contributed by atoms with E-state index in [1.54, 1.807) is 4.90 Å². The number of carbonyl (C=O) groups is 1. The Morgan fingerprint density at radius 2 is 1.75 bits per heavy atom. The van der Waals surface area contributed by atoms with E-state index in [2.05, 4.69) is 54.2 Å². The number of hydrogen-bond acceptors (Lipinski definition) is 9. The predicted octanol–water partition coefficient (Wildman–Crippen LogP) is 5.46. The van der Waals surface area contributed by atoms with Crippen LogP contribution in [0.3, 0.4) is 0 Å². The van der Waals surface area contributed by atoms with Gasteiger partial charge in [-0.2, -0.15) is 17.9 Å². The maximum Gasteiger partial charge on any atom is 0.453 e. The Morgan fingerprint density at radius 1 is 0.943 bits per heavy atom. The number of benzene rings is 3. The number of fused-ring (bicyclic) bond motifs is 1. The maximum absolute atomic E-state index is 14.2. The Labute approximate surface area is 306 Å². The normalized spacial score (nSPS) is 18.5. The first-order valence-corrected chi connectivity index (χ1v) is 18.1. The molecule has 0 N–H and O–H groups in total. The summed E-state index contributed by atoms with van der Waals surface area (Å²) in [4.78, 5) is 25.9. The molecule has 2 aromatic heterocycles. The molecular weight excluding hydrogens is 687 g/mol. The van der Waals surface area contributed by atoms with E-state index in [4.69, 9.17) is 14.5 Å². The first-order chi connectivity index (χ1) is 25.7. The van der Waals surface area contributed by atoms with Crippen molar-refractivity contribution in [3.63, 3.8) is 0 Å². The number of rotatable bonds is 12. The van der Waals surface area contributed by atoms with Crippen LogP contribution in [0.2, 0.25) is 0 Å². The number of hydrogen-bond donors (Lipinski definition) is 0. The quantitative estimate of drug-likeness (QED) is 0.155. The number of ether oxygens (including phenoxy) is 2. The zero-order valence-electron chi connectivity index (χ0n) is 30.0. The third-order valence-corrected chi connectivity index (χ3v) is 10.5. The molecule has 0 saturated carbocycles. The van der Waals surface area contributed by atoms with Crippen LogP contribution in [0.5, 0.6) is 5.75 Å². The smallest absolute Gasteiger partial charge is 0.453 e. The van der Waals surface area contributed by atoms with Gasteiger partial charge in [0.15, 0.2) is 0 Å². The number of anilines is 1. The van der Waals surface area contributed by atoms with Gasteiger partial charge in [0, 0.05) is 51.3 Å². The molecule has 5 aromatic rings. The van der Waals surface area contributed by atoms with Crippen molar-refractivity contribution in [2.75, 3.05) is 71.0 Å². The van der Waals surface area contributed by atoms with E-state index >= 15 is 0 Å². The van der Waals surface area contributed by atoms with E-state index in [1.807, 2.05) is 37.3 Å². The zero-order valence-corrected chi connectivity index (χ0v) is 30.0. The molecule has 1 amide bonds. The van der Waals surface area contributed by atoms with Crippen molar-refractivity contribution in [1.29, 1.82) is 0 Å². The first-order valence-electron chi connectivity index (χ1n) is 18.1. The average Bonchev–Trinajstić information content (AvgIpc) is 3.89. The molecule has 0 radical (unpaired) electrons. The number of para-hydroxylation sites is 2. The fourth-order valence-corrected chi connectivity index (χ4v) is 7.72. The van der Waals surface area contributed by atoms with E-state index in [1.165, 1.54) is 30.9 Å². The van der Waals surface area contributed by atoms with Crippen molar-refractivity contribution in [3.05, 3.63) is 89.7 Å². The number of nitrogens with zero attached hydrogens (tertiary/aromatic N) is 9. The molecular formula is C38H44F3N9O3. The molecule has 2 aliphatic rings. The van der Waals surface area contributed by atoms with Crippen LogP contribution in [0, 0.1) is 0 Å². The molecule has 2 aliphatic heterocycles. The van der Waals surface area contributed by atoms with Crippen LogP contribution in [0.15, 0.2) is 72.8 Å². The summed E-state index contributed by atoms with van der Waals surface area (Å²) in [5, 5.41) is 9.93. The molecule has 280 valence electrons. The summed E-state index contributed by atoms with van der Waals surface area (Å²) >= 11 is 0. The van der Waals surface area contributed by atoms with Crippen LogP contribution in [-0.2, 0) is 22.9 Å². The summed E-state index contributed by atoms with van der Waals surface area (Å²) in [6.07, 6.45) is -2.20. The van der Waals surface area contributed by atoms with Gasteiger partial charge in [-0.25, -0.2) is 4.98 Å². The fourth-order valence-electron chi connectivity index (χ4n) is 7.72. The molecule has 12 nitrogen and oxygen atoms in total. The number of imidazole rings is 1. The van der Waals surface area contributed by atoms with E-state index < -0.39 is 12.0 Å². The molecule has 2 fully saturated rings. The van der Waals surface area contributed by atoms with Crippen LogP contribution in [0.25, 0.3) is 16.7 Å². The molecule has 0 aliphatic carbocycles. The molecule has 1 atom stereocenters. The number of tetrazole rings is 1. The molecule has 0 spiro atoms. The number of halogens is 3. The second-order valence-electron chi connectivity index (χ2n) is 13.6. The molecule has 4 heterocycles. The summed E-state index contributed by atoms with van der Waals surface area (Å²) in [6.45, 7) is 9.42. The Bertz CT molecular complexity index is 2020. The van der Waals surface area contributed by atoms with Crippen LogP contribution < -0.4 is 9.64 Å². The molecule has 1 unspecified atom stereocenters. The van der Waals surface area contributed by atoms with Crippen molar-refractivity contribution >= 4 is 22.9 Å². The van der Waals surface area contributed by atoms with Crippen molar-refractivity contribution in [1.82, 2.24) is 39.6 Å². The summed E-state index contributed by atoms with van der Waals surface area (Å²) in [6, 6.07) is 22.8. The van der Waals surface area contributed by atoms with Gasteiger partial charge in [0.25, 0.3) is 11.7 Å². The van der Waals surface area contributed by atoms with E-state index in [9.17, 15) is 18.0 Å². The topological polar surface area (TPSA) is 107 Å². The Hall–Kier alpha value is -5.02. The highest BCUT2D eigenvalue weighted by Crippen LogP contribution is 2.40. The Kier molecular flexibility index (Phi) is 10.6. The van der Waals surface area contributed by atoms with E-state index in [0.717, 1.165) is 75.5 Å². The number of alkyl halides is 3. The van der Waals surface area contributed by atoms with Crippen LogP contribution in [-0.4, -0.2) is 112 Å². The van der Waals surface area contributed by atoms with Crippen molar-refractivity contribution in [2.45, 2.75) is 44.3 Å². The first kappa shape index (κ1) is 36.3. The minimum Gasteiger partial charge on any atom is -0.496 e. The summed E-state index contributed by atoms with van der Waals surface area (Å²) < 4.78 is 54.9. The third kappa shape index (κ3) is 7.58. The van der Waals surface area contributed by atoms with Gasteiger partial charge in [-0.05, 0) is 85.6 Å². The zero-order chi connectivity index (χ0) is 37.0. The molecule has 3 aromatic carbocycles. The second kappa shape index (κ2) is 15.5. The lowest BCUT2D eigenvalue weighted by atomic mass is 9.76. The Balaban J connectivity index is 1.07. The molecule has 53 heavy (non-hydrogen) atoms. The monoisotopic (exact) mass is 731 g/mol. The number of amides is 1. The fraction of sp³-hybridized carbons (Fsp3) is 0.447. The van der Waals surface area contributed by atoms with E-state index in [-0.39, 0.29) is 28.3 Å². The standard InChI is InChI=1S/C38H44F3N9O3/c1-3-53-25-24-49-32-13-8-7-12-31(32)42-36(49)47-19-9-18-46(22-23-47)20-16-37(28-10-5-4-6-11-28)17-21-48(27-37)34(51)30-26-29(14-15-33(30)52-2)50-35(38(39,40)41)43-44-45-50/h4-8,10-15,26H,3,9,16-25,27H2,1-2H3. The number of carbonyl (C=O) groups excluding carboxylic acids is 1. The molecule has 15 heteroatoms. The lowest BCUT2D eigenvalue weighted by Gasteiger charge is -2.33. The van der Waals surface area contributed by atoms with Crippen molar-refractivity contribution in [2.24, 2.45) is 0 Å². The van der Waals surface area contributed by atoms with Gasteiger partial charge in [-0.15, -0.1) is 5.10 Å². The van der Waals surface area contributed by atoms with Gasteiger partial charge in [-0.1, -0.05) is 42.5 Å². The lowest BCUT2D eigenvalue weighted by Crippen LogP contribution is -2.39. The van der Waals surface area contributed by atoms with Crippen LogP contribution >= 0.6 is 0 Å². The summed E-state index contributed by atoms with van der Waals surface area (Å²) in [7, 11) is 1.43. The van der Waals surface area contributed by atoms with Gasteiger partial charge in [0.1, 0.15) is 5.75 Å². The minimum atomic E-state index is -4.77. The van der Waals surface area contributed by atoms with Gasteiger partial charge >= 0.3 is 6.18 Å². The van der Waals surface area contributed by atoms with Gasteiger partial charge in [0.05, 0.1) is 36.0 Å². The third-order valence-electron chi connectivity index (χ3n) is 10.5. The van der Waals surface area contributed by atoms with Crippen molar-refractivity contribution in [3.8, 4) is 11.4 Å². The van der Waals surface area contributed by atoms with E-state index in [0.29, 0.717) is 31.0 Å². The SMILES string of the molecule is CCOCCn1c(N2CCCN(CCC3(c4ccccc4)CCN(C(=O)c4cc(-n5nnnc5C(F)(F)F)ccc4OC)C3)CC2)nc2ccccc21. The molecule has 0 bridgehead atoms. The maximum atomic E-state index is 14.2. The number of methoxy groups -OCH3 is 1. The highest BCUT2D eigenvalue weighted by Gasteiger charge is 2.43. The second-order valence-corrected chi connectivity index (χ2v) is 13.6. The number of likely N-dealkylation sites (tertiary alicyclic amines) is 1. The van der Waals surface area contributed by atoms with Crippen LogP contribution in [0.4, 0.5) is 19.1 Å². The van der Waals surface area contributed by atoms with Crippen LogP contribution in [0.1, 0.15) is 47.9 Å². The summed E-state index contributed by atoms with van der Waals surface area (Å²) in [5.74, 6) is -0.353. The van der Waals surface area contributed by atoms with Gasteiger partial charge in [-0.3, -0.25) is 4.79 Å². The highest BCUT2D eigenvalue weighted by molar-refractivity contribution is 5.98. The summed E-state index contributed by atoms with van der Waals surface area (Å²) in [5.41, 5.74) is 3.12. The van der Waals surface area contributed by atoms with Gasteiger partial charge in [0.2, 0.25) is 5.95 Å². The molecule has 7 rings (SSSR count). The lowest BCUT2D eigenvalue weighted by molar-refractivity contribution is -0.146. The van der Waals surface area contributed by atoms with Crippen molar-refractivity contribution < 1.29 is 27.4 Å². The predicted molar refractivity (Wildman–Crippen MR) is 193 cm³/mol. The average molecular weight is 732 g/mol. The largest absolute Gasteiger partial charge is 0.496 e. The highest BCUT2D eigenvalue weighted by atomic mass is 19.4. The van der Waals surface area contributed by atoms with Gasteiger partial charge < -0.3 is 28.7 Å².